The summed E-state index contributed by atoms with van der Waals surface area (Å²) in [5.74, 6) is -0.433. The Kier molecular flexibility index (Phi) is 8.90. The topological polar surface area (TPSA) is 76.2 Å². The zero-order valence-electron chi connectivity index (χ0n) is 12.1. The molecule has 19 heavy (non-hydrogen) atoms. The molecular formula is C11H24N2O5S. The Hall–Kier alpha value is -0.700. The summed E-state index contributed by atoms with van der Waals surface area (Å²) in [4.78, 5) is 11.1. The van der Waals surface area contributed by atoms with Crippen molar-refractivity contribution in [2.24, 2.45) is 0 Å². The SMILES string of the molecule is CCN(CC)S(=O)(=O)N(CCOC)CCC(=O)OC. The number of carbonyl (C=O) groups is 1. The summed E-state index contributed by atoms with van der Waals surface area (Å²) < 4.78 is 36.7. The van der Waals surface area contributed by atoms with E-state index in [0.29, 0.717) is 13.1 Å². The van der Waals surface area contributed by atoms with Crippen LogP contribution in [0.2, 0.25) is 0 Å². The number of hydrogen-bond donors (Lipinski definition) is 0. The third-order valence-electron chi connectivity index (χ3n) is 2.70. The normalized spacial score (nSPS) is 12.1. The number of carbonyl (C=O) groups excluding carboxylic acids is 1. The summed E-state index contributed by atoms with van der Waals surface area (Å²) in [7, 11) is -0.780. The molecule has 0 saturated heterocycles. The lowest BCUT2D eigenvalue weighted by Gasteiger charge is -2.28. The van der Waals surface area contributed by atoms with Gasteiger partial charge in [-0.1, -0.05) is 13.8 Å². The van der Waals surface area contributed by atoms with Crippen LogP contribution >= 0.6 is 0 Å². The molecule has 0 atom stereocenters. The molecule has 0 aliphatic rings. The Balaban J connectivity index is 4.85. The van der Waals surface area contributed by atoms with Crippen LogP contribution in [0.1, 0.15) is 20.3 Å². The van der Waals surface area contributed by atoms with Gasteiger partial charge in [0.25, 0.3) is 10.2 Å². The van der Waals surface area contributed by atoms with Crippen LogP contribution in [0.5, 0.6) is 0 Å². The van der Waals surface area contributed by atoms with E-state index >= 15 is 0 Å². The van der Waals surface area contributed by atoms with Gasteiger partial charge in [-0.05, 0) is 0 Å². The highest BCUT2D eigenvalue weighted by molar-refractivity contribution is 7.86. The van der Waals surface area contributed by atoms with Gasteiger partial charge >= 0.3 is 5.97 Å². The predicted molar refractivity (Wildman–Crippen MR) is 71.9 cm³/mol. The van der Waals surface area contributed by atoms with Gasteiger partial charge in [0, 0.05) is 33.3 Å². The number of hydrogen-bond acceptors (Lipinski definition) is 5. The molecule has 0 aliphatic carbocycles. The minimum Gasteiger partial charge on any atom is -0.469 e. The molecule has 0 aromatic carbocycles. The highest BCUT2D eigenvalue weighted by Crippen LogP contribution is 2.09. The van der Waals surface area contributed by atoms with Crippen molar-refractivity contribution < 1.29 is 22.7 Å². The van der Waals surface area contributed by atoms with Gasteiger partial charge in [-0.15, -0.1) is 0 Å². The summed E-state index contributed by atoms with van der Waals surface area (Å²) in [6, 6.07) is 0. The third kappa shape index (κ3) is 5.85. The average molecular weight is 296 g/mol. The first-order chi connectivity index (χ1) is 8.93. The number of ether oxygens (including phenoxy) is 2. The summed E-state index contributed by atoms with van der Waals surface area (Å²) >= 11 is 0. The van der Waals surface area contributed by atoms with E-state index in [1.54, 1.807) is 13.8 Å². The molecule has 0 N–H and O–H groups in total. The molecule has 0 unspecified atom stereocenters. The molecule has 0 fully saturated rings. The second-order valence-electron chi connectivity index (χ2n) is 3.81. The van der Waals surface area contributed by atoms with Gasteiger partial charge in [-0.3, -0.25) is 4.79 Å². The average Bonchev–Trinajstić information content (AvgIpc) is 2.39. The third-order valence-corrected chi connectivity index (χ3v) is 4.88. The summed E-state index contributed by atoms with van der Waals surface area (Å²) in [5.41, 5.74) is 0. The summed E-state index contributed by atoms with van der Waals surface area (Å²) in [5, 5.41) is 0. The maximum Gasteiger partial charge on any atom is 0.306 e. The van der Waals surface area contributed by atoms with Crippen molar-refractivity contribution in [1.82, 2.24) is 8.61 Å². The van der Waals surface area contributed by atoms with E-state index < -0.39 is 16.2 Å². The molecule has 114 valence electrons. The van der Waals surface area contributed by atoms with Gasteiger partial charge in [-0.25, -0.2) is 0 Å². The summed E-state index contributed by atoms with van der Waals surface area (Å²) in [6.45, 7) is 4.91. The Morgan fingerprint density at radius 1 is 1.05 bits per heavy atom. The molecule has 0 bridgehead atoms. The molecule has 0 saturated carbocycles. The lowest BCUT2D eigenvalue weighted by atomic mass is 10.4. The molecule has 7 nitrogen and oxygen atoms in total. The molecule has 0 radical (unpaired) electrons. The van der Waals surface area contributed by atoms with Crippen LogP contribution in [0.4, 0.5) is 0 Å². The predicted octanol–water partition coefficient (Wildman–Crippen LogP) is 0.0845. The molecule has 0 aliphatic heterocycles. The van der Waals surface area contributed by atoms with Crippen molar-refractivity contribution >= 4 is 16.2 Å². The Labute approximate surface area is 115 Å². The molecule has 0 amide bonds. The molecular weight excluding hydrogens is 272 g/mol. The number of nitrogens with zero attached hydrogens (tertiary/aromatic N) is 2. The van der Waals surface area contributed by atoms with Gasteiger partial charge < -0.3 is 9.47 Å². The van der Waals surface area contributed by atoms with Gasteiger partial charge in [0.2, 0.25) is 0 Å². The van der Waals surface area contributed by atoms with Gasteiger partial charge in [-0.2, -0.15) is 17.0 Å². The van der Waals surface area contributed by atoms with E-state index in [1.807, 2.05) is 0 Å². The quantitative estimate of drug-likeness (QED) is 0.534. The van der Waals surface area contributed by atoms with Crippen LogP contribution in [0.3, 0.4) is 0 Å². The zero-order valence-corrected chi connectivity index (χ0v) is 12.9. The second-order valence-corrected chi connectivity index (χ2v) is 5.74. The Morgan fingerprint density at radius 2 is 1.63 bits per heavy atom. The highest BCUT2D eigenvalue weighted by Gasteiger charge is 2.27. The fourth-order valence-electron chi connectivity index (χ4n) is 1.57. The number of methoxy groups -OCH3 is 2. The number of esters is 1. The Morgan fingerprint density at radius 3 is 2.05 bits per heavy atom. The van der Waals surface area contributed by atoms with Crippen LogP contribution in [0.15, 0.2) is 0 Å². The fraction of sp³-hybridized carbons (Fsp3) is 0.909. The van der Waals surface area contributed by atoms with Crippen molar-refractivity contribution in [3.8, 4) is 0 Å². The fourth-order valence-corrected chi connectivity index (χ4v) is 3.17. The van der Waals surface area contributed by atoms with Crippen LogP contribution in [-0.4, -0.2) is 70.0 Å². The first-order valence-corrected chi connectivity index (χ1v) is 7.64. The molecule has 0 aromatic rings. The minimum atomic E-state index is -3.56. The van der Waals surface area contributed by atoms with Gasteiger partial charge in [0.05, 0.1) is 20.1 Å². The zero-order chi connectivity index (χ0) is 14.9. The maximum absolute atomic E-state index is 12.3. The van der Waals surface area contributed by atoms with Crippen LogP contribution in [0.25, 0.3) is 0 Å². The lowest BCUT2D eigenvalue weighted by molar-refractivity contribution is -0.140. The van der Waals surface area contributed by atoms with Crippen molar-refractivity contribution in [3.63, 3.8) is 0 Å². The molecule has 0 heterocycles. The first kappa shape index (κ1) is 18.3. The van der Waals surface area contributed by atoms with Gasteiger partial charge in [0.15, 0.2) is 0 Å². The Bertz CT molecular complexity index is 354. The molecule has 0 aromatic heterocycles. The molecule has 0 spiro atoms. The van der Waals surface area contributed by atoms with Crippen molar-refractivity contribution in [1.29, 1.82) is 0 Å². The van der Waals surface area contributed by atoms with Crippen molar-refractivity contribution in [2.75, 3.05) is 47.0 Å². The van der Waals surface area contributed by atoms with E-state index in [1.165, 1.54) is 22.8 Å². The number of rotatable bonds is 10. The maximum atomic E-state index is 12.3. The minimum absolute atomic E-state index is 0.0285. The van der Waals surface area contributed by atoms with Crippen LogP contribution in [-0.2, 0) is 24.5 Å². The van der Waals surface area contributed by atoms with Crippen molar-refractivity contribution in [3.05, 3.63) is 0 Å². The van der Waals surface area contributed by atoms with Gasteiger partial charge in [0.1, 0.15) is 0 Å². The summed E-state index contributed by atoms with van der Waals surface area (Å²) in [6.07, 6.45) is 0.0285. The van der Waals surface area contributed by atoms with E-state index in [4.69, 9.17) is 4.74 Å². The largest absolute Gasteiger partial charge is 0.469 e. The van der Waals surface area contributed by atoms with E-state index in [-0.39, 0.29) is 26.1 Å². The first-order valence-electron chi connectivity index (χ1n) is 6.24. The molecule has 0 rings (SSSR count). The lowest BCUT2D eigenvalue weighted by Crippen LogP contribution is -2.45. The van der Waals surface area contributed by atoms with Crippen LogP contribution in [0, 0.1) is 0 Å². The van der Waals surface area contributed by atoms with E-state index in [2.05, 4.69) is 4.74 Å². The smallest absolute Gasteiger partial charge is 0.306 e. The van der Waals surface area contributed by atoms with E-state index in [9.17, 15) is 13.2 Å². The van der Waals surface area contributed by atoms with Crippen LogP contribution < -0.4 is 0 Å². The second kappa shape index (κ2) is 9.24. The van der Waals surface area contributed by atoms with E-state index in [0.717, 1.165) is 0 Å². The molecule has 8 heteroatoms. The van der Waals surface area contributed by atoms with Crippen molar-refractivity contribution in [2.45, 2.75) is 20.3 Å². The highest BCUT2D eigenvalue weighted by atomic mass is 32.2. The standard InChI is InChI=1S/C11H24N2O5S/c1-5-12(6-2)19(15,16)13(9-10-17-3)8-7-11(14)18-4/h5-10H2,1-4H3. The monoisotopic (exact) mass is 296 g/mol.